The third-order valence-electron chi connectivity index (χ3n) is 6.59. The van der Waals surface area contributed by atoms with Crippen LogP contribution in [0.5, 0.6) is 0 Å². The molecule has 40 heavy (non-hydrogen) atoms. The van der Waals surface area contributed by atoms with Crippen LogP contribution in [0.4, 0.5) is 5.69 Å². The normalized spacial score (nSPS) is 11.2. The van der Waals surface area contributed by atoms with Gasteiger partial charge in [0.1, 0.15) is 5.58 Å². The van der Waals surface area contributed by atoms with E-state index in [9.17, 15) is 9.59 Å². The fourth-order valence-electron chi connectivity index (χ4n) is 4.54. The van der Waals surface area contributed by atoms with Gasteiger partial charge in [0.2, 0.25) is 11.7 Å². The number of hydrogen-bond acceptors (Lipinski definition) is 4. The predicted octanol–water partition coefficient (Wildman–Crippen LogP) is 7.48. The Morgan fingerprint density at radius 3 is 2.25 bits per heavy atom. The number of rotatable bonds is 7. The van der Waals surface area contributed by atoms with Crippen LogP contribution < -0.4 is 5.32 Å². The van der Waals surface area contributed by atoms with Gasteiger partial charge in [0.05, 0.1) is 17.1 Å². The van der Waals surface area contributed by atoms with Crippen LogP contribution in [0.25, 0.3) is 34.0 Å². The highest BCUT2D eigenvalue weighted by Gasteiger charge is 2.23. The molecule has 0 saturated heterocycles. The molecule has 6 rings (SSSR count). The average Bonchev–Trinajstić information content (AvgIpc) is 3.59. The molecule has 2 aromatic heterocycles. The summed E-state index contributed by atoms with van der Waals surface area (Å²) in [6, 6.07) is 34.1. The molecule has 6 heteroatoms. The number of nitrogens with one attached hydrogen (secondary N) is 1. The number of amides is 1. The van der Waals surface area contributed by atoms with Gasteiger partial charge >= 0.3 is 0 Å². The molecule has 1 N–H and O–H groups in total. The molecule has 0 aliphatic rings. The van der Waals surface area contributed by atoms with E-state index in [1.807, 2.05) is 104 Å². The molecule has 0 spiro atoms. The third kappa shape index (κ3) is 4.98. The van der Waals surface area contributed by atoms with Crippen molar-refractivity contribution in [2.75, 3.05) is 5.32 Å². The Morgan fingerprint density at radius 1 is 0.825 bits per heavy atom. The van der Waals surface area contributed by atoms with Crippen LogP contribution in [0.15, 0.2) is 126 Å². The first kappa shape index (κ1) is 24.8. The van der Waals surface area contributed by atoms with E-state index >= 15 is 0 Å². The van der Waals surface area contributed by atoms with Crippen molar-refractivity contribution < 1.29 is 14.0 Å². The largest absolute Gasteiger partial charge is 0.450 e. The summed E-state index contributed by atoms with van der Waals surface area (Å²) in [5, 5.41) is 8.35. The van der Waals surface area contributed by atoms with Gasteiger partial charge in [-0.15, -0.1) is 0 Å². The molecular weight excluding hydrogens is 498 g/mol. The Bertz CT molecular complexity index is 1850. The number of aryl methyl sites for hydroxylation is 1. The lowest BCUT2D eigenvalue weighted by Gasteiger charge is -2.04. The van der Waals surface area contributed by atoms with E-state index in [0.29, 0.717) is 22.2 Å². The first-order valence-electron chi connectivity index (χ1n) is 12.9. The molecule has 2 heterocycles. The average molecular weight is 524 g/mol. The van der Waals surface area contributed by atoms with Crippen LogP contribution in [0.2, 0.25) is 0 Å². The van der Waals surface area contributed by atoms with Gasteiger partial charge in [0, 0.05) is 34.3 Å². The van der Waals surface area contributed by atoms with E-state index in [-0.39, 0.29) is 11.5 Å². The van der Waals surface area contributed by atoms with Crippen molar-refractivity contribution in [2.45, 2.75) is 6.92 Å². The standard InChI is InChI=1S/C34H25N3O3/c1-23-16-18-25(19-17-23)33(39)34-32(28-14-8-9-15-29(28)40-34)35-30(38)21-20-26-22-37(27-12-6-3-7-13-27)36-31(26)24-10-4-2-5-11-24/h2-22H,1H3,(H,35,38). The third-order valence-corrected chi connectivity index (χ3v) is 6.59. The second-order valence-electron chi connectivity index (χ2n) is 9.40. The summed E-state index contributed by atoms with van der Waals surface area (Å²) in [7, 11) is 0. The van der Waals surface area contributed by atoms with Crippen LogP contribution >= 0.6 is 0 Å². The molecule has 0 aliphatic heterocycles. The molecule has 194 valence electrons. The Kier molecular flexibility index (Phi) is 6.65. The molecule has 0 bridgehead atoms. The summed E-state index contributed by atoms with van der Waals surface area (Å²) in [4.78, 5) is 26.6. The summed E-state index contributed by atoms with van der Waals surface area (Å²) >= 11 is 0. The summed E-state index contributed by atoms with van der Waals surface area (Å²) < 4.78 is 7.73. The topological polar surface area (TPSA) is 77.1 Å². The van der Waals surface area contributed by atoms with Crippen LogP contribution in [0.1, 0.15) is 27.2 Å². The SMILES string of the molecule is Cc1ccc(C(=O)c2oc3ccccc3c2NC(=O)C=Cc2cn(-c3ccccc3)nc2-c2ccccc2)cc1. The first-order chi connectivity index (χ1) is 19.6. The predicted molar refractivity (Wildman–Crippen MR) is 157 cm³/mol. The Labute approximate surface area is 231 Å². The number of fused-ring (bicyclic) bond motifs is 1. The summed E-state index contributed by atoms with van der Waals surface area (Å²) in [5.74, 6) is -0.601. The smallest absolute Gasteiger partial charge is 0.248 e. The van der Waals surface area contributed by atoms with E-state index < -0.39 is 5.91 Å². The monoisotopic (exact) mass is 523 g/mol. The van der Waals surface area contributed by atoms with Crippen LogP contribution in [0, 0.1) is 6.92 Å². The van der Waals surface area contributed by atoms with Gasteiger partial charge in [-0.05, 0) is 37.3 Å². The van der Waals surface area contributed by atoms with Gasteiger partial charge in [0.25, 0.3) is 0 Å². The van der Waals surface area contributed by atoms with Crippen molar-refractivity contribution in [1.82, 2.24) is 9.78 Å². The maximum absolute atomic E-state index is 13.4. The maximum atomic E-state index is 13.4. The fraction of sp³-hybridized carbons (Fsp3) is 0.0294. The van der Waals surface area contributed by atoms with Gasteiger partial charge in [-0.2, -0.15) is 5.10 Å². The summed E-state index contributed by atoms with van der Waals surface area (Å²) in [5.41, 5.74) is 5.77. The van der Waals surface area contributed by atoms with Crippen molar-refractivity contribution in [3.63, 3.8) is 0 Å². The molecular formula is C34H25N3O3. The molecule has 0 radical (unpaired) electrons. The molecule has 0 aliphatic carbocycles. The maximum Gasteiger partial charge on any atom is 0.248 e. The number of ketones is 1. The molecule has 6 nitrogen and oxygen atoms in total. The number of carbonyl (C=O) groups is 2. The number of para-hydroxylation sites is 2. The lowest BCUT2D eigenvalue weighted by Crippen LogP contribution is -2.11. The van der Waals surface area contributed by atoms with Crippen molar-refractivity contribution in [2.24, 2.45) is 0 Å². The lowest BCUT2D eigenvalue weighted by molar-refractivity contribution is -0.111. The highest BCUT2D eigenvalue weighted by atomic mass is 16.3. The summed E-state index contributed by atoms with van der Waals surface area (Å²) in [6.45, 7) is 1.96. The fourth-order valence-corrected chi connectivity index (χ4v) is 4.54. The Hall–Kier alpha value is -5.49. The van der Waals surface area contributed by atoms with E-state index in [2.05, 4.69) is 5.32 Å². The quantitative estimate of drug-likeness (QED) is 0.174. The lowest BCUT2D eigenvalue weighted by atomic mass is 10.1. The summed E-state index contributed by atoms with van der Waals surface area (Å²) in [6.07, 6.45) is 5.07. The minimum Gasteiger partial charge on any atom is -0.450 e. The molecule has 0 unspecified atom stereocenters. The van der Waals surface area contributed by atoms with Crippen molar-refractivity contribution in [3.05, 3.63) is 144 Å². The zero-order valence-electron chi connectivity index (χ0n) is 21.7. The van der Waals surface area contributed by atoms with Gasteiger partial charge in [-0.1, -0.05) is 90.5 Å². The first-order valence-corrected chi connectivity index (χ1v) is 12.9. The van der Waals surface area contributed by atoms with Crippen molar-refractivity contribution in [1.29, 1.82) is 0 Å². The highest BCUT2D eigenvalue weighted by molar-refractivity contribution is 6.18. The van der Waals surface area contributed by atoms with Crippen LogP contribution in [0.3, 0.4) is 0 Å². The number of aromatic nitrogens is 2. The molecule has 0 fully saturated rings. The van der Waals surface area contributed by atoms with E-state index in [1.165, 1.54) is 6.08 Å². The number of carbonyl (C=O) groups excluding carboxylic acids is 2. The van der Waals surface area contributed by atoms with E-state index in [1.54, 1.807) is 29.0 Å². The highest BCUT2D eigenvalue weighted by Crippen LogP contribution is 2.33. The molecule has 1 amide bonds. The second kappa shape index (κ2) is 10.7. The van der Waals surface area contributed by atoms with E-state index in [4.69, 9.17) is 9.52 Å². The molecule has 4 aromatic carbocycles. The molecule has 0 saturated carbocycles. The zero-order chi connectivity index (χ0) is 27.5. The number of hydrogen-bond donors (Lipinski definition) is 1. The van der Waals surface area contributed by atoms with Gasteiger partial charge in [-0.25, -0.2) is 4.68 Å². The van der Waals surface area contributed by atoms with Crippen LogP contribution in [-0.4, -0.2) is 21.5 Å². The van der Waals surface area contributed by atoms with Crippen LogP contribution in [-0.2, 0) is 4.79 Å². The Balaban J connectivity index is 1.33. The number of nitrogens with zero attached hydrogens (tertiary/aromatic N) is 2. The number of benzene rings is 4. The number of furan rings is 1. The van der Waals surface area contributed by atoms with Gasteiger partial charge in [-0.3, -0.25) is 9.59 Å². The Morgan fingerprint density at radius 2 is 1.50 bits per heavy atom. The van der Waals surface area contributed by atoms with E-state index in [0.717, 1.165) is 28.1 Å². The minimum absolute atomic E-state index is 0.0914. The molecule has 6 aromatic rings. The minimum atomic E-state index is -0.393. The zero-order valence-corrected chi connectivity index (χ0v) is 21.7. The van der Waals surface area contributed by atoms with Crippen molar-refractivity contribution in [3.8, 4) is 16.9 Å². The van der Waals surface area contributed by atoms with Gasteiger partial charge in [0.15, 0.2) is 5.76 Å². The number of anilines is 1. The second-order valence-corrected chi connectivity index (χ2v) is 9.40. The molecule has 0 atom stereocenters. The van der Waals surface area contributed by atoms with Gasteiger partial charge < -0.3 is 9.73 Å². The van der Waals surface area contributed by atoms with Crippen molar-refractivity contribution >= 4 is 34.4 Å².